The first-order valence-electron chi connectivity index (χ1n) is 7.10. The molecule has 0 amide bonds. The maximum atomic E-state index is 2.43. The molecule has 0 spiro atoms. The SMILES string of the molecule is CCC(C)CCCC(C)CCC(C)CC. The van der Waals surface area contributed by atoms with Crippen molar-refractivity contribution in [2.24, 2.45) is 17.8 Å². The Morgan fingerprint density at radius 1 is 0.600 bits per heavy atom. The van der Waals surface area contributed by atoms with Gasteiger partial charge in [-0.1, -0.05) is 79.6 Å². The van der Waals surface area contributed by atoms with Crippen LogP contribution in [-0.2, 0) is 0 Å². The van der Waals surface area contributed by atoms with E-state index in [1.807, 2.05) is 0 Å². The quantitative estimate of drug-likeness (QED) is 0.462. The van der Waals surface area contributed by atoms with Crippen LogP contribution in [0.4, 0.5) is 0 Å². The van der Waals surface area contributed by atoms with Crippen LogP contribution in [-0.4, -0.2) is 0 Å². The fraction of sp³-hybridized carbons (Fsp3) is 1.00. The first-order chi connectivity index (χ1) is 7.10. The second kappa shape index (κ2) is 9.24. The minimum absolute atomic E-state index is 0.932. The summed E-state index contributed by atoms with van der Waals surface area (Å²) in [5.41, 5.74) is 0. The zero-order valence-corrected chi connectivity index (χ0v) is 11.7. The average Bonchev–Trinajstić information content (AvgIpc) is 2.25. The fourth-order valence-electron chi connectivity index (χ4n) is 1.94. The van der Waals surface area contributed by atoms with Gasteiger partial charge in [0.05, 0.1) is 0 Å². The summed E-state index contributed by atoms with van der Waals surface area (Å²) < 4.78 is 0. The summed E-state index contributed by atoms with van der Waals surface area (Å²) in [6.07, 6.45) is 9.89. The molecule has 0 aromatic carbocycles. The van der Waals surface area contributed by atoms with Gasteiger partial charge >= 0.3 is 0 Å². The van der Waals surface area contributed by atoms with Gasteiger partial charge in [0.25, 0.3) is 0 Å². The highest BCUT2D eigenvalue weighted by atomic mass is 14.1. The van der Waals surface area contributed by atoms with Crippen molar-refractivity contribution in [3.05, 3.63) is 0 Å². The van der Waals surface area contributed by atoms with E-state index < -0.39 is 0 Å². The van der Waals surface area contributed by atoms with Crippen molar-refractivity contribution >= 4 is 0 Å². The standard InChI is InChI=1S/C15H32/c1-6-13(3)9-8-10-15(5)12-11-14(4)7-2/h13-15H,6-12H2,1-5H3. The van der Waals surface area contributed by atoms with Crippen LogP contribution >= 0.6 is 0 Å². The third kappa shape index (κ3) is 8.96. The van der Waals surface area contributed by atoms with Crippen LogP contribution in [0.1, 0.15) is 79.6 Å². The van der Waals surface area contributed by atoms with Crippen molar-refractivity contribution in [2.75, 3.05) is 0 Å². The molecule has 0 aliphatic rings. The van der Waals surface area contributed by atoms with E-state index in [9.17, 15) is 0 Å². The molecule has 3 unspecified atom stereocenters. The van der Waals surface area contributed by atoms with Crippen LogP contribution in [0, 0.1) is 17.8 Å². The molecule has 15 heavy (non-hydrogen) atoms. The van der Waals surface area contributed by atoms with Gasteiger partial charge in [0.1, 0.15) is 0 Å². The molecule has 0 bridgehead atoms. The molecule has 0 aliphatic heterocycles. The van der Waals surface area contributed by atoms with Gasteiger partial charge in [0.2, 0.25) is 0 Å². The molecule has 0 saturated carbocycles. The maximum Gasteiger partial charge on any atom is -0.0443 e. The van der Waals surface area contributed by atoms with Crippen LogP contribution in [0.3, 0.4) is 0 Å². The molecule has 0 nitrogen and oxygen atoms in total. The lowest BCUT2D eigenvalue weighted by atomic mass is 9.91. The highest BCUT2D eigenvalue weighted by Crippen LogP contribution is 2.21. The van der Waals surface area contributed by atoms with E-state index in [0.717, 1.165) is 17.8 Å². The van der Waals surface area contributed by atoms with Gasteiger partial charge in [0.15, 0.2) is 0 Å². The largest absolute Gasteiger partial charge is 0.0651 e. The summed E-state index contributed by atoms with van der Waals surface area (Å²) in [7, 11) is 0. The molecule has 92 valence electrons. The lowest BCUT2D eigenvalue weighted by Gasteiger charge is -2.15. The zero-order chi connectivity index (χ0) is 11.7. The Balaban J connectivity index is 3.37. The minimum atomic E-state index is 0.932. The van der Waals surface area contributed by atoms with Crippen molar-refractivity contribution in [1.29, 1.82) is 0 Å². The van der Waals surface area contributed by atoms with Crippen molar-refractivity contribution in [3.63, 3.8) is 0 Å². The van der Waals surface area contributed by atoms with Crippen molar-refractivity contribution in [3.8, 4) is 0 Å². The Morgan fingerprint density at radius 2 is 1.00 bits per heavy atom. The van der Waals surface area contributed by atoms with Crippen molar-refractivity contribution in [2.45, 2.75) is 79.6 Å². The molecule has 0 aliphatic carbocycles. The topological polar surface area (TPSA) is 0 Å². The Labute approximate surface area is 97.8 Å². The molecule has 0 heterocycles. The molecule has 0 aromatic heterocycles. The Kier molecular flexibility index (Phi) is 9.24. The molecule has 0 fully saturated rings. The van der Waals surface area contributed by atoms with Gasteiger partial charge in [-0.15, -0.1) is 0 Å². The molecular formula is C15H32. The molecule has 0 heteroatoms. The first kappa shape index (κ1) is 15.0. The van der Waals surface area contributed by atoms with Crippen LogP contribution in [0.5, 0.6) is 0 Å². The van der Waals surface area contributed by atoms with E-state index in [1.165, 1.54) is 44.9 Å². The van der Waals surface area contributed by atoms with E-state index in [0.29, 0.717) is 0 Å². The molecular weight excluding hydrogens is 180 g/mol. The first-order valence-corrected chi connectivity index (χ1v) is 7.10. The highest BCUT2D eigenvalue weighted by Gasteiger charge is 2.06. The molecule has 0 rings (SSSR count). The predicted molar refractivity (Wildman–Crippen MR) is 71.2 cm³/mol. The van der Waals surface area contributed by atoms with Gasteiger partial charge in [0, 0.05) is 0 Å². The average molecular weight is 212 g/mol. The van der Waals surface area contributed by atoms with Crippen LogP contribution in [0.25, 0.3) is 0 Å². The fourth-order valence-corrected chi connectivity index (χ4v) is 1.94. The lowest BCUT2D eigenvalue weighted by Crippen LogP contribution is -2.01. The van der Waals surface area contributed by atoms with Gasteiger partial charge in [-0.25, -0.2) is 0 Å². The minimum Gasteiger partial charge on any atom is -0.0651 e. The summed E-state index contributed by atoms with van der Waals surface area (Å²) >= 11 is 0. The Bertz CT molecular complexity index is 128. The maximum absolute atomic E-state index is 2.43. The molecule has 0 saturated heterocycles. The van der Waals surface area contributed by atoms with Gasteiger partial charge in [-0.2, -0.15) is 0 Å². The van der Waals surface area contributed by atoms with Gasteiger partial charge < -0.3 is 0 Å². The number of hydrogen-bond acceptors (Lipinski definition) is 0. The van der Waals surface area contributed by atoms with E-state index >= 15 is 0 Å². The van der Waals surface area contributed by atoms with Crippen molar-refractivity contribution < 1.29 is 0 Å². The van der Waals surface area contributed by atoms with Crippen LogP contribution in [0.2, 0.25) is 0 Å². The lowest BCUT2D eigenvalue weighted by molar-refractivity contribution is 0.379. The summed E-state index contributed by atoms with van der Waals surface area (Å²) in [5, 5.41) is 0. The smallest absolute Gasteiger partial charge is 0.0443 e. The molecule has 3 atom stereocenters. The number of hydrogen-bond donors (Lipinski definition) is 0. The highest BCUT2D eigenvalue weighted by molar-refractivity contribution is 4.59. The second-order valence-corrected chi connectivity index (χ2v) is 5.64. The number of rotatable bonds is 9. The monoisotopic (exact) mass is 212 g/mol. The third-order valence-electron chi connectivity index (χ3n) is 3.94. The summed E-state index contributed by atoms with van der Waals surface area (Å²) in [6.45, 7) is 11.8. The van der Waals surface area contributed by atoms with E-state index in [2.05, 4.69) is 34.6 Å². The van der Waals surface area contributed by atoms with E-state index in [1.54, 1.807) is 0 Å². The third-order valence-corrected chi connectivity index (χ3v) is 3.94. The summed E-state index contributed by atoms with van der Waals surface area (Å²) in [5.74, 6) is 2.82. The molecule has 0 aromatic rings. The van der Waals surface area contributed by atoms with Gasteiger partial charge in [-0.05, 0) is 17.8 Å². The van der Waals surface area contributed by atoms with E-state index in [-0.39, 0.29) is 0 Å². The van der Waals surface area contributed by atoms with Crippen molar-refractivity contribution in [1.82, 2.24) is 0 Å². The zero-order valence-electron chi connectivity index (χ0n) is 11.7. The second-order valence-electron chi connectivity index (χ2n) is 5.64. The summed E-state index contributed by atoms with van der Waals surface area (Å²) in [4.78, 5) is 0. The predicted octanol–water partition coefficient (Wildman–Crippen LogP) is 5.67. The van der Waals surface area contributed by atoms with Crippen LogP contribution in [0.15, 0.2) is 0 Å². The summed E-state index contributed by atoms with van der Waals surface area (Å²) in [6, 6.07) is 0. The van der Waals surface area contributed by atoms with Gasteiger partial charge in [-0.3, -0.25) is 0 Å². The normalized spacial score (nSPS) is 17.4. The molecule has 0 N–H and O–H groups in total. The Hall–Kier alpha value is 0. The Morgan fingerprint density at radius 3 is 1.53 bits per heavy atom. The van der Waals surface area contributed by atoms with Crippen LogP contribution < -0.4 is 0 Å². The van der Waals surface area contributed by atoms with E-state index in [4.69, 9.17) is 0 Å². The molecule has 0 radical (unpaired) electrons.